The molecule has 0 saturated heterocycles. The van der Waals surface area contributed by atoms with Crippen molar-refractivity contribution in [2.75, 3.05) is 20.8 Å². The molecule has 3 atom stereocenters. The number of allylic oxidation sites excluding steroid dienone is 1. The standard InChI is InChI=1S/C19H28O7/c1-5-12(17(18(22)24-3)19(23)25-4)11-14-13(7-9-15(14)20)8-10-16(21)26-6-2/h5,12-14,17H,1,6-11H2,2-4H3. The number of esters is 3. The van der Waals surface area contributed by atoms with Crippen molar-refractivity contribution in [2.45, 2.75) is 39.0 Å². The van der Waals surface area contributed by atoms with Gasteiger partial charge in [-0.15, -0.1) is 6.58 Å². The minimum atomic E-state index is -1.15. The molecule has 26 heavy (non-hydrogen) atoms. The lowest BCUT2D eigenvalue weighted by atomic mass is 9.79. The molecule has 146 valence electrons. The van der Waals surface area contributed by atoms with Crippen LogP contribution in [0.3, 0.4) is 0 Å². The average Bonchev–Trinajstić information content (AvgIpc) is 2.98. The van der Waals surface area contributed by atoms with E-state index in [2.05, 4.69) is 6.58 Å². The van der Waals surface area contributed by atoms with Gasteiger partial charge >= 0.3 is 17.9 Å². The van der Waals surface area contributed by atoms with Gasteiger partial charge in [-0.05, 0) is 32.1 Å². The van der Waals surface area contributed by atoms with Crippen molar-refractivity contribution >= 4 is 23.7 Å². The molecule has 7 heteroatoms. The van der Waals surface area contributed by atoms with E-state index in [-0.39, 0.29) is 30.0 Å². The number of methoxy groups -OCH3 is 2. The van der Waals surface area contributed by atoms with E-state index in [1.807, 2.05) is 0 Å². The van der Waals surface area contributed by atoms with E-state index in [0.717, 1.165) is 0 Å². The topological polar surface area (TPSA) is 96.0 Å². The van der Waals surface area contributed by atoms with Gasteiger partial charge in [0.2, 0.25) is 0 Å². The lowest BCUT2D eigenvalue weighted by Crippen LogP contribution is -2.34. The summed E-state index contributed by atoms with van der Waals surface area (Å²) in [7, 11) is 2.39. The smallest absolute Gasteiger partial charge is 0.320 e. The van der Waals surface area contributed by atoms with Crippen molar-refractivity contribution in [2.24, 2.45) is 23.7 Å². The van der Waals surface area contributed by atoms with Crippen molar-refractivity contribution in [1.82, 2.24) is 0 Å². The van der Waals surface area contributed by atoms with Crippen LogP contribution in [0.1, 0.15) is 39.0 Å². The number of ether oxygens (including phenoxy) is 3. The molecule has 3 unspecified atom stereocenters. The molecule has 0 aliphatic heterocycles. The normalized spacial score (nSPS) is 20.5. The molecule has 0 aromatic rings. The van der Waals surface area contributed by atoms with Crippen LogP contribution in [0.5, 0.6) is 0 Å². The number of carbonyl (C=O) groups is 4. The lowest BCUT2D eigenvalue weighted by molar-refractivity contribution is -0.161. The number of hydrogen-bond acceptors (Lipinski definition) is 7. The Kier molecular flexibility index (Phi) is 9.02. The van der Waals surface area contributed by atoms with Crippen LogP contribution in [0, 0.1) is 23.7 Å². The molecule has 0 radical (unpaired) electrons. The first-order valence-electron chi connectivity index (χ1n) is 8.86. The Morgan fingerprint density at radius 1 is 1.23 bits per heavy atom. The van der Waals surface area contributed by atoms with Crippen LogP contribution in [0.15, 0.2) is 12.7 Å². The Morgan fingerprint density at radius 3 is 2.35 bits per heavy atom. The first-order chi connectivity index (χ1) is 12.4. The van der Waals surface area contributed by atoms with Crippen molar-refractivity contribution < 1.29 is 33.4 Å². The molecule has 0 aromatic carbocycles. The Balaban J connectivity index is 2.85. The molecule has 0 heterocycles. The monoisotopic (exact) mass is 368 g/mol. The van der Waals surface area contributed by atoms with Crippen molar-refractivity contribution in [1.29, 1.82) is 0 Å². The molecule has 1 saturated carbocycles. The maximum absolute atomic E-state index is 12.3. The first kappa shape index (κ1) is 21.9. The van der Waals surface area contributed by atoms with Gasteiger partial charge in [0.1, 0.15) is 5.78 Å². The SMILES string of the molecule is C=CC(CC1C(=O)CCC1CCC(=O)OCC)C(C(=O)OC)C(=O)OC. The molecule has 0 aromatic heterocycles. The predicted molar refractivity (Wildman–Crippen MR) is 92.9 cm³/mol. The highest BCUT2D eigenvalue weighted by atomic mass is 16.5. The zero-order valence-electron chi connectivity index (χ0n) is 15.7. The van der Waals surface area contributed by atoms with Gasteiger partial charge in [-0.2, -0.15) is 0 Å². The Morgan fingerprint density at radius 2 is 1.85 bits per heavy atom. The second kappa shape index (κ2) is 10.7. The summed E-state index contributed by atoms with van der Waals surface area (Å²) >= 11 is 0. The summed E-state index contributed by atoms with van der Waals surface area (Å²) in [5.41, 5.74) is 0. The summed E-state index contributed by atoms with van der Waals surface area (Å²) in [5, 5.41) is 0. The van der Waals surface area contributed by atoms with E-state index in [0.29, 0.717) is 32.3 Å². The van der Waals surface area contributed by atoms with Gasteiger partial charge in [0.25, 0.3) is 0 Å². The fourth-order valence-corrected chi connectivity index (χ4v) is 3.54. The quantitative estimate of drug-likeness (QED) is 0.252. The van der Waals surface area contributed by atoms with E-state index in [4.69, 9.17) is 14.2 Å². The van der Waals surface area contributed by atoms with Gasteiger partial charge in [-0.3, -0.25) is 19.2 Å². The van der Waals surface area contributed by atoms with Crippen LogP contribution in [0.4, 0.5) is 0 Å². The van der Waals surface area contributed by atoms with E-state index in [9.17, 15) is 19.2 Å². The highest BCUT2D eigenvalue weighted by Crippen LogP contribution is 2.38. The van der Waals surface area contributed by atoms with Crippen LogP contribution < -0.4 is 0 Å². The summed E-state index contributed by atoms with van der Waals surface area (Å²) < 4.78 is 14.4. The highest BCUT2D eigenvalue weighted by Gasteiger charge is 2.41. The van der Waals surface area contributed by atoms with Gasteiger partial charge in [0.05, 0.1) is 20.8 Å². The minimum Gasteiger partial charge on any atom is -0.468 e. The number of ketones is 1. The minimum absolute atomic E-state index is 0.0188. The van der Waals surface area contributed by atoms with Crippen molar-refractivity contribution in [3.05, 3.63) is 12.7 Å². The zero-order valence-corrected chi connectivity index (χ0v) is 15.7. The summed E-state index contributed by atoms with van der Waals surface area (Å²) in [4.78, 5) is 47.9. The molecule has 0 spiro atoms. The second-order valence-corrected chi connectivity index (χ2v) is 6.37. The van der Waals surface area contributed by atoms with E-state index in [1.54, 1.807) is 6.92 Å². The maximum Gasteiger partial charge on any atom is 0.320 e. The Bertz CT molecular complexity index is 524. The van der Waals surface area contributed by atoms with Gasteiger partial charge < -0.3 is 14.2 Å². The highest BCUT2D eigenvalue weighted by molar-refractivity contribution is 5.95. The van der Waals surface area contributed by atoms with E-state index in [1.165, 1.54) is 20.3 Å². The van der Waals surface area contributed by atoms with Crippen LogP contribution >= 0.6 is 0 Å². The number of Topliss-reactive ketones (excluding diaryl/α,β-unsaturated/α-hetero) is 1. The van der Waals surface area contributed by atoms with Gasteiger partial charge in [-0.1, -0.05) is 6.08 Å². The van der Waals surface area contributed by atoms with E-state index < -0.39 is 23.8 Å². The zero-order chi connectivity index (χ0) is 19.7. The van der Waals surface area contributed by atoms with Gasteiger partial charge in [0.15, 0.2) is 5.92 Å². The molecule has 0 bridgehead atoms. The molecule has 1 aliphatic carbocycles. The summed E-state index contributed by atoms with van der Waals surface area (Å²) in [6, 6.07) is 0. The first-order valence-corrected chi connectivity index (χ1v) is 8.86. The average molecular weight is 368 g/mol. The summed E-state index contributed by atoms with van der Waals surface area (Å²) in [6.45, 7) is 5.77. The van der Waals surface area contributed by atoms with Gasteiger partial charge in [0, 0.05) is 24.7 Å². The second-order valence-electron chi connectivity index (χ2n) is 6.37. The van der Waals surface area contributed by atoms with E-state index >= 15 is 0 Å². The summed E-state index contributed by atoms with van der Waals surface area (Å²) in [5.74, 6) is -3.67. The Hall–Kier alpha value is -2.18. The third-order valence-corrected chi connectivity index (χ3v) is 4.94. The molecule has 0 amide bonds. The Labute approximate surface area is 154 Å². The molecule has 1 aliphatic rings. The molecule has 0 N–H and O–H groups in total. The van der Waals surface area contributed by atoms with Crippen LogP contribution in [0.2, 0.25) is 0 Å². The fraction of sp³-hybridized carbons (Fsp3) is 0.684. The van der Waals surface area contributed by atoms with Crippen molar-refractivity contribution in [3.63, 3.8) is 0 Å². The summed E-state index contributed by atoms with van der Waals surface area (Å²) in [6.07, 6.45) is 3.70. The maximum atomic E-state index is 12.3. The van der Waals surface area contributed by atoms with Crippen LogP contribution in [-0.2, 0) is 33.4 Å². The largest absolute Gasteiger partial charge is 0.468 e. The molecule has 1 rings (SSSR count). The number of carbonyl (C=O) groups excluding carboxylic acids is 4. The molecule has 1 fully saturated rings. The van der Waals surface area contributed by atoms with Crippen LogP contribution in [0.25, 0.3) is 0 Å². The molecule has 7 nitrogen and oxygen atoms in total. The van der Waals surface area contributed by atoms with Crippen LogP contribution in [-0.4, -0.2) is 44.5 Å². The predicted octanol–water partition coefficient (Wildman–Crippen LogP) is 2.08. The number of rotatable bonds is 10. The van der Waals surface area contributed by atoms with Crippen molar-refractivity contribution in [3.8, 4) is 0 Å². The molecular weight excluding hydrogens is 340 g/mol. The third-order valence-electron chi connectivity index (χ3n) is 4.94. The number of hydrogen-bond donors (Lipinski definition) is 0. The fourth-order valence-electron chi connectivity index (χ4n) is 3.54. The molecular formula is C19H28O7. The lowest BCUT2D eigenvalue weighted by Gasteiger charge is -2.25. The van der Waals surface area contributed by atoms with Gasteiger partial charge in [-0.25, -0.2) is 0 Å². The third kappa shape index (κ3) is 5.68.